The fourth-order valence-corrected chi connectivity index (χ4v) is 2.42. The molecule has 0 atom stereocenters. The third kappa shape index (κ3) is 3.05. The van der Waals surface area contributed by atoms with Crippen molar-refractivity contribution in [3.63, 3.8) is 0 Å². The fourth-order valence-electron chi connectivity index (χ4n) is 1.98. The number of nitrogen functional groups attached to an aromatic ring is 1. The summed E-state index contributed by atoms with van der Waals surface area (Å²) in [6.07, 6.45) is 4.87. The average molecular weight is 302 g/mol. The second-order valence-corrected chi connectivity index (χ2v) is 4.97. The average Bonchev–Trinajstić information content (AvgIpc) is 2.35. The third-order valence-corrected chi connectivity index (χ3v) is 3.71. The molecule has 7 heteroatoms. The molecule has 0 saturated heterocycles. The van der Waals surface area contributed by atoms with Gasteiger partial charge in [0.25, 0.3) is 0 Å². The van der Waals surface area contributed by atoms with Gasteiger partial charge in [-0.3, -0.25) is 0 Å². The van der Waals surface area contributed by atoms with Gasteiger partial charge in [0.05, 0.1) is 6.10 Å². The number of hydrogen-bond acceptors (Lipinski definition) is 6. The quantitative estimate of drug-likeness (QED) is 0.495. The summed E-state index contributed by atoms with van der Waals surface area (Å²) in [5.41, 5.74) is 2.50. The van der Waals surface area contributed by atoms with Crippen LogP contribution in [-0.2, 0) is 0 Å². The van der Waals surface area contributed by atoms with E-state index in [1.807, 2.05) is 0 Å². The van der Waals surface area contributed by atoms with Crippen LogP contribution >= 0.6 is 15.9 Å². The lowest BCUT2D eigenvalue weighted by Gasteiger charge is -2.27. The topological polar surface area (TPSA) is 96.1 Å². The first-order valence-corrected chi connectivity index (χ1v) is 6.41. The van der Waals surface area contributed by atoms with E-state index in [0.717, 1.165) is 36.0 Å². The third-order valence-electron chi connectivity index (χ3n) is 2.96. The fraction of sp³-hybridized carbons (Fsp3) is 0.600. The largest absolute Gasteiger partial charge is 0.393 e. The molecule has 1 aromatic heterocycles. The second kappa shape index (κ2) is 5.61. The molecule has 1 heterocycles. The molecule has 17 heavy (non-hydrogen) atoms. The minimum absolute atomic E-state index is 0.150. The highest BCUT2D eigenvalue weighted by molar-refractivity contribution is 9.10. The Labute approximate surface area is 108 Å². The minimum Gasteiger partial charge on any atom is -0.393 e. The van der Waals surface area contributed by atoms with E-state index in [-0.39, 0.29) is 6.10 Å². The monoisotopic (exact) mass is 301 g/mol. The maximum Gasteiger partial charge on any atom is 0.159 e. The maximum atomic E-state index is 9.44. The minimum atomic E-state index is -0.150. The number of nitrogens with one attached hydrogen (secondary N) is 2. The summed E-state index contributed by atoms with van der Waals surface area (Å²) in [7, 11) is 0. The van der Waals surface area contributed by atoms with Gasteiger partial charge >= 0.3 is 0 Å². The lowest BCUT2D eigenvalue weighted by Crippen LogP contribution is -2.28. The van der Waals surface area contributed by atoms with Crippen molar-refractivity contribution in [2.24, 2.45) is 5.84 Å². The van der Waals surface area contributed by atoms with Crippen molar-refractivity contribution in [1.82, 2.24) is 9.97 Å². The number of nitrogens with zero attached hydrogens (tertiary/aromatic N) is 2. The molecule has 1 aliphatic carbocycles. The molecule has 0 unspecified atom stereocenters. The van der Waals surface area contributed by atoms with Crippen molar-refractivity contribution >= 4 is 27.6 Å². The molecular weight excluding hydrogens is 286 g/mol. The summed E-state index contributed by atoms with van der Waals surface area (Å²) in [5.74, 6) is 6.62. The molecular formula is C10H16BrN5O. The summed E-state index contributed by atoms with van der Waals surface area (Å²) in [5, 5.41) is 12.8. The van der Waals surface area contributed by atoms with Gasteiger partial charge in [0, 0.05) is 6.04 Å². The number of rotatable bonds is 3. The molecule has 1 saturated carbocycles. The van der Waals surface area contributed by atoms with Crippen molar-refractivity contribution < 1.29 is 5.11 Å². The molecule has 0 radical (unpaired) electrons. The Balaban J connectivity index is 2.03. The first-order chi connectivity index (χ1) is 8.20. The molecule has 0 aromatic carbocycles. The van der Waals surface area contributed by atoms with Crippen LogP contribution in [0.1, 0.15) is 25.7 Å². The number of hydrogen-bond donors (Lipinski definition) is 4. The highest BCUT2D eigenvalue weighted by Gasteiger charge is 2.20. The summed E-state index contributed by atoms with van der Waals surface area (Å²) in [6, 6.07) is 0.343. The zero-order valence-electron chi connectivity index (χ0n) is 9.36. The molecule has 1 aromatic rings. The molecule has 6 nitrogen and oxygen atoms in total. The van der Waals surface area contributed by atoms with Gasteiger partial charge < -0.3 is 15.8 Å². The van der Waals surface area contributed by atoms with E-state index >= 15 is 0 Å². The predicted molar refractivity (Wildman–Crippen MR) is 69.4 cm³/mol. The number of hydrazine groups is 1. The van der Waals surface area contributed by atoms with Crippen LogP contribution in [0, 0.1) is 0 Å². The number of aliphatic hydroxyl groups excluding tert-OH is 1. The normalized spacial score (nSPS) is 24.4. The van der Waals surface area contributed by atoms with E-state index in [9.17, 15) is 5.11 Å². The van der Waals surface area contributed by atoms with Gasteiger partial charge in [0.15, 0.2) is 5.82 Å². The Morgan fingerprint density at radius 2 is 1.88 bits per heavy atom. The van der Waals surface area contributed by atoms with Crippen molar-refractivity contribution in [2.45, 2.75) is 37.8 Å². The Hall–Kier alpha value is -0.920. The van der Waals surface area contributed by atoms with E-state index in [4.69, 9.17) is 5.84 Å². The Bertz CT molecular complexity index is 381. The van der Waals surface area contributed by atoms with E-state index < -0.39 is 0 Å². The lowest BCUT2D eigenvalue weighted by molar-refractivity contribution is 0.126. The zero-order valence-corrected chi connectivity index (χ0v) is 10.9. The van der Waals surface area contributed by atoms with Crippen LogP contribution in [0.5, 0.6) is 0 Å². The molecule has 0 amide bonds. The number of halogens is 1. The summed E-state index contributed by atoms with van der Waals surface area (Å²) < 4.78 is 0.730. The first-order valence-electron chi connectivity index (χ1n) is 5.62. The molecule has 0 bridgehead atoms. The van der Waals surface area contributed by atoms with Gasteiger partial charge in [-0.1, -0.05) is 0 Å². The SMILES string of the molecule is NNc1ncnc(NC2CCC(O)CC2)c1Br. The van der Waals surface area contributed by atoms with Crippen LogP contribution in [0.3, 0.4) is 0 Å². The number of anilines is 2. The van der Waals surface area contributed by atoms with Gasteiger partial charge in [0.1, 0.15) is 16.6 Å². The summed E-state index contributed by atoms with van der Waals surface area (Å²) in [6.45, 7) is 0. The molecule has 0 spiro atoms. The van der Waals surface area contributed by atoms with Crippen molar-refractivity contribution in [3.8, 4) is 0 Å². The van der Waals surface area contributed by atoms with E-state index in [0.29, 0.717) is 11.9 Å². The molecule has 1 fully saturated rings. The molecule has 94 valence electrons. The van der Waals surface area contributed by atoms with Gasteiger partial charge in [0.2, 0.25) is 0 Å². The number of nitrogens with two attached hydrogens (primary N) is 1. The highest BCUT2D eigenvalue weighted by atomic mass is 79.9. The van der Waals surface area contributed by atoms with Crippen LogP contribution in [0.2, 0.25) is 0 Å². The zero-order chi connectivity index (χ0) is 12.3. The van der Waals surface area contributed by atoms with E-state index in [2.05, 4.69) is 36.6 Å². The van der Waals surface area contributed by atoms with Crippen LogP contribution in [0.15, 0.2) is 10.8 Å². The Morgan fingerprint density at radius 1 is 1.24 bits per heavy atom. The van der Waals surface area contributed by atoms with Crippen LogP contribution in [0.25, 0.3) is 0 Å². The standard InChI is InChI=1S/C10H16BrN5O/c11-8-9(13-5-14-10(8)16-12)15-6-1-3-7(17)4-2-6/h5-7,17H,1-4,12H2,(H2,13,14,15,16). The van der Waals surface area contributed by atoms with Crippen molar-refractivity contribution in [2.75, 3.05) is 10.7 Å². The maximum absolute atomic E-state index is 9.44. The van der Waals surface area contributed by atoms with Gasteiger partial charge in [-0.05, 0) is 41.6 Å². The summed E-state index contributed by atoms with van der Waals surface area (Å²) >= 11 is 3.40. The Morgan fingerprint density at radius 3 is 2.53 bits per heavy atom. The highest BCUT2D eigenvalue weighted by Crippen LogP contribution is 2.28. The molecule has 1 aliphatic rings. The summed E-state index contributed by atoms with van der Waals surface area (Å²) in [4.78, 5) is 8.16. The lowest BCUT2D eigenvalue weighted by atomic mass is 9.93. The van der Waals surface area contributed by atoms with Crippen molar-refractivity contribution in [1.29, 1.82) is 0 Å². The smallest absolute Gasteiger partial charge is 0.159 e. The first kappa shape index (κ1) is 12.5. The van der Waals surface area contributed by atoms with Gasteiger partial charge in [-0.25, -0.2) is 15.8 Å². The molecule has 0 aliphatic heterocycles. The second-order valence-electron chi connectivity index (χ2n) is 4.18. The van der Waals surface area contributed by atoms with E-state index in [1.165, 1.54) is 6.33 Å². The van der Waals surface area contributed by atoms with Crippen molar-refractivity contribution in [3.05, 3.63) is 10.8 Å². The number of aliphatic hydroxyl groups is 1. The van der Waals surface area contributed by atoms with E-state index in [1.54, 1.807) is 0 Å². The van der Waals surface area contributed by atoms with Crippen LogP contribution in [-0.4, -0.2) is 27.2 Å². The number of aromatic nitrogens is 2. The van der Waals surface area contributed by atoms with Crippen LogP contribution in [0.4, 0.5) is 11.6 Å². The van der Waals surface area contributed by atoms with Gasteiger partial charge in [-0.15, -0.1) is 0 Å². The molecule has 2 rings (SSSR count). The Kier molecular flexibility index (Phi) is 4.14. The predicted octanol–water partition coefficient (Wildman–Crippen LogP) is 1.24. The van der Waals surface area contributed by atoms with Crippen LogP contribution < -0.4 is 16.6 Å². The van der Waals surface area contributed by atoms with Gasteiger partial charge in [-0.2, -0.15) is 0 Å². The molecule has 5 N–H and O–H groups in total.